The van der Waals surface area contributed by atoms with Crippen LogP contribution in [0.2, 0.25) is 0 Å². The Morgan fingerprint density at radius 3 is 2.67 bits per heavy atom. The molecule has 0 aromatic carbocycles. The lowest BCUT2D eigenvalue weighted by molar-refractivity contribution is -0.141. The number of hydrogen-bond acceptors (Lipinski definition) is 2. The molecule has 0 aliphatic heterocycles. The first-order chi connectivity index (χ1) is 6.85. The maximum absolute atomic E-state index is 12.1. The van der Waals surface area contributed by atoms with Crippen molar-refractivity contribution < 1.29 is 18.3 Å². The van der Waals surface area contributed by atoms with E-state index >= 15 is 0 Å². The van der Waals surface area contributed by atoms with Gasteiger partial charge in [-0.05, 0) is 19.1 Å². The van der Waals surface area contributed by atoms with Crippen LogP contribution < -0.4 is 0 Å². The Labute approximate surface area is 89.5 Å². The van der Waals surface area contributed by atoms with E-state index in [1.54, 1.807) is 0 Å². The number of aromatic amines is 1. The lowest BCUT2D eigenvalue weighted by Gasteiger charge is -2.17. The van der Waals surface area contributed by atoms with Gasteiger partial charge in [0.25, 0.3) is 0 Å². The summed E-state index contributed by atoms with van der Waals surface area (Å²) in [5, 5.41) is 8.91. The van der Waals surface area contributed by atoms with Crippen molar-refractivity contribution in [1.29, 1.82) is 0 Å². The second-order valence-electron chi connectivity index (χ2n) is 3.28. The summed E-state index contributed by atoms with van der Waals surface area (Å²) >= 11 is 4.83. The highest BCUT2D eigenvalue weighted by molar-refractivity contribution is 7.71. The highest BCUT2D eigenvalue weighted by atomic mass is 32.1. The molecule has 0 radical (unpaired) electrons. The second-order valence-corrected chi connectivity index (χ2v) is 3.67. The van der Waals surface area contributed by atoms with E-state index in [0.717, 1.165) is 0 Å². The number of aliphatic hydroxyl groups excluding tert-OH is 1. The van der Waals surface area contributed by atoms with Gasteiger partial charge in [-0.15, -0.1) is 0 Å². The Morgan fingerprint density at radius 1 is 1.60 bits per heavy atom. The summed E-state index contributed by atoms with van der Waals surface area (Å²) in [5.74, 6) is 0. The molecule has 3 nitrogen and oxygen atoms in total. The van der Waals surface area contributed by atoms with Gasteiger partial charge in [0.2, 0.25) is 0 Å². The predicted octanol–water partition coefficient (Wildman–Crippen LogP) is 2.55. The fraction of sp³-hybridized carbons (Fsp3) is 0.625. The second kappa shape index (κ2) is 4.36. The van der Waals surface area contributed by atoms with Gasteiger partial charge in [0, 0.05) is 12.2 Å². The van der Waals surface area contributed by atoms with Crippen molar-refractivity contribution >= 4 is 12.2 Å². The third-order valence-corrected chi connectivity index (χ3v) is 2.33. The number of rotatable bonds is 3. The van der Waals surface area contributed by atoms with Gasteiger partial charge in [-0.2, -0.15) is 13.2 Å². The number of halogens is 3. The lowest BCUT2D eigenvalue weighted by atomic mass is 10.2. The minimum Gasteiger partial charge on any atom is -0.390 e. The summed E-state index contributed by atoms with van der Waals surface area (Å²) in [6.45, 7) is 1.08. The molecule has 1 aromatic heterocycles. The minimum absolute atomic E-state index is 0.191. The number of nitrogens with zero attached hydrogens (tertiary/aromatic N) is 1. The van der Waals surface area contributed by atoms with Crippen LogP contribution in [0.5, 0.6) is 0 Å². The highest BCUT2D eigenvalue weighted by Crippen LogP contribution is 2.28. The molecule has 1 heterocycles. The minimum atomic E-state index is -4.24. The maximum atomic E-state index is 12.1. The molecule has 15 heavy (non-hydrogen) atoms. The molecule has 0 aliphatic carbocycles. The zero-order valence-electron chi connectivity index (χ0n) is 8.01. The van der Waals surface area contributed by atoms with Gasteiger partial charge in [0.15, 0.2) is 4.77 Å². The van der Waals surface area contributed by atoms with E-state index in [1.165, 1.54) is 17.7 Å². The molecule has 86 valence electrons. The van der Waals surface area contributed by atoms with Crippen LogP contribution in [0.1, 0.15) is 25.1 Å². The van der Waals surface area contributed by atoms with E-state index < -0.39 is 18.6 Å². The summed E-state index contributed by atoms with van der Waals surface area (Å²) in [4.78, 5) is 2.61. The first-order valence-corrected chi connectivity index (χ1v) is 4.72. The third kappa shape index (κ3) is 3.07. The molecule has 2 N–H and O–H groups in total. The molecule has 0 fully saturated rings. The van der Waals surface area contributed by atoms with E-state index in [1.807, 2.05) is 0 Å². The van der Waals surface area contributed by atoms with Crippen molar-refractivity contribution in [1.82, 2.24) is 9.55 Å². The van der Waals surface area contributed by atoms with Gasteiger partial charge in [0.1, 0.15) is 0 Å². The van der Waals surface area contributed by atoms with Crippen LogP contribution in [0, 0.1) is 4.77 Å². The van der Waals surface area contributed by atoms with E-state index in [2.05, 4.69) is 4.98 Å². The largest absolute Gasteiger partial charge is 0.391 e. The molecular formula is C8H11F3N2OS. The summed E-state index contributed by atoms with van der Waals surface area (Å²) < 4.78 is 37.9. The normalized spacial score (nSPS) is 14.2. The zero-order valence-corrected chi connectivity index (χ0v) is 8.82. The molecular weight excluding hydrogens is 229 g/mol. The number of hydrogen-bond donors (Lipinski definition) is 2. The molecule has 7 heteroatoms. The standard InChI is InChI=1S/C8H11F3N2OS/c1-5(2-8(9,10)11)13-6(4-14)3-12-7(13)15/h3,5,14H,2,4H2,1H3,(H,12,15). The fourth-order valence-corrected chi connectivity index (χ4v) is 1.80. The van der Waals surface area contributed by atoms with Gasteiger partial charge >= 0.3 is 6.18 Å². The Bertz CT molecular complexity index is 382. The summed E-state index contributed by atoms with van der Waals surface area (Å²) in [7, 11) is 0. The fourth-order valence-electron chi connectivity index (χ4n) is 1.45. The summed E-state index contributed by atoms with van der Waals surface area (Å²) in [5.41, 5.74) is 0.358. The van der Waals surface area contributed by atoms with E-state index in [0.29, 0.717) is 5.69 Å². The first-order valence-electron chi connectivity index (χ1n) is 4.31. The molecule has 1 aromatic rings. The summed E-state index contributed by atoms with van der Waals surface area (Å²) in [6, 6.07) is -0.814. The number of imidazole rings is 1. The van der Waals surface area contributed by atoms with Crippen molar-refractivity contribution in [3.63, 3.8) is 0 Å². The average Bonchev–Trinajstić information content (AvgIpc) is 2.43. The Balaban J connectivity index is 2.95. The van der Waals surface area contributed by atoms with Gasteiger partial charge in [0.05, 0.1) is 18.7 Å². The molecule has 0 bridgehead atoms. The number of H-pyrrole nitrogens is 1. The Hall–Kier alpha value is -0.820. The van der Waals surface area contributed by atoms with E-state index in [-0.39, 0.29) is 11.4 Å². The molecule has 1 rings (SSSR count). The molecule has 1 atom stereocenters. The SMILES string of the molecule is CC(CC(F)(F)F)n1c(CO)c[nH]c1=S. The maximum Gasteiger partial charge on any atom is 0.391 e. The van der Waals surface area contributed by atoms with Crippen LogP contribution in [0.4, 0.5) is 13.2 Å². The van der Waals surface area contributed by atoms with Crippen LogP contribution in [-0.4, -0.2) is 20.8 Å². The van der Waals surface area contributed by atoms with Crippen LogP contribution in [0.15, 0.2) is 6.20 Å². The molecule has 0 saturated carbocycles. The number of alkyl halides is 3. The zero-order chi connectivity index (χ0) is 11.6. The smallest absolute Gasteiger partial charge is 0.390 e. The van der Waals surface area contributed by atoms with Crippen LogP contribution >= 0.6 is 12.2 Å². The van der Waals surface area contributed by atoms with Crippen molar-refractivity contribution in [2.75, 3.05) is 0 Å². The van der Waals surface area contributed by atoms with Gasteiger partial charge in [-0.25, -0.2) is 0 Å². The van der Waals surface area contributed by atoms with Gasteiger partial charge < -0.3 is 14.7 Å². The predicted molar refractivity (Wildman–Crippen MR) is 50.9 cm³/mol. The van der Waals surface area contributed by atoms with Crippen molar-refractivity contribution in [2.45, 2.75) is 32.2 Å². The quantitative estimate of drug-likeness (QED) is 0.797. The highest BCUT2D eigenvalue weighted by Gasteiger charge is 2.31. The van der Waals surface area contributed by atoms with E-state index in [9.17, 15) is 13.2 Å². The van der Waals surface area contributed by atoms with Crippen LogP contribution in [-0.2, 0) is 6.61 Å². The average molecular weight is 240 g/mol. The van der Waals surface area contributed by atoms with Crippen molar-refractivity contribution in [2.24, 2.45) is 0 Å². The lowest BCUT2D eigenvalue weighted by Crippen LogP contribution is -2.18. The molecule has 1 unspecified atom stereocenters. The van der Waals surface area contributed by atoms with Crippen molar-refractivity contribution in [3.8, 4) is 0 Å². The number of aromatic nitrogens is 2. The molecule has 0 saturated heterocycles. The molecule has 0 aliphatic rings. The monoisotopic (exact) mass is 240 g/mol. The van der Waals surface area contributed by atoms with Gasteiger partial charge in [-0.1, -0.05) is 0 Å². The van der Waals surface area contributed by atoms with Gasteiger partial charge in [-0.3, -0.25) is 0 Å². The third-order valence-electron chi connectivity index (χ3n) is 2.02. The van der Waals surface area contributed by atoms with Crippen LogP contribution in [0.25, 0.3) is 0 Å². The first kappa shape index (κ1) is 12.3. The number of nitrogens with one attached hydrogen (secondary N) is 1. The molecule has 0 spiro atoms. The topological polar surface area (TPSA) is 41.0 Å². The van der Waals surface area contributed by atoms with Crippen molar-refractivity contribution in [3.05, 3.63) is 16.7 Å². The Kier molecular flexibility index (Phi) is 3.56. The Morgan fingerprint density at radius 2 is 2.20 bits per heavy atom. The van der Waals surface area contributed by atoms with Crippen LogP contribution in [0.3, 0.4) is 0 Å². The van der Waals surface area contributed by atoms with E-state index in [4.69, 9.17) is 17.3 Å². The summed E-state index contributed by atoms with van der Waals surface area (Å²) in [6.07, 6.45) is -3.79. The molecule has 0 amide bonds. The number of aliphatic hydroxyl groups is 1.